The van der Waals surface area contributed by atoms with Crippen molar-refractivity contribution < 1.29 is 22.0 Å². The van der Waals surface area contributed by atoms with Gasteiger partial charge in [-0.1, -0.05) is 24.6 Å². The second-order valence-electron chi connectivity index (χ2n) is 7.75. The number of aromatic nitrogens is 2. The van der Waals surface area contributed by atoms with Crippen LogP contribution in [0.5, 0.6) is 5.75 Å². The number of nitrogens with one attached hydrogen (secondary N) is 1. The summed E-state index contributed by atoms with van der Waals surface area (Å²) in [6, 6.07) is 4.64. The zero-order valence-electron chi connectivity index (χ0n) is 17.8. The van der Waals surface area contributed by atoms with Crippen LogP contribution in [-0.2, 0) is 10.0 Å². The number of ether oxygens (including phenoxy) is 1. The van der Waals surface area contributed by atoms with Gasteiger partial charge in [0.15, 0.2) is 6.73 Å². The monoisotopic (exact) mass is 481 g/mol. The Labute approximate surface area is 189 Å². The molecule has 0 saturated heterocycles. The number of hydrogen-bond acceptors (Lipinski definition) is 6. The van der Waals surface area contributed by atoms with Gasteiger partial charge in [0.1, 0.15) is 22.5 Å². The third-order valence-corrected chi connectivity index (χ3v) is 8.14. The standard InChI is InChI=1S/C21H21ClFN3O5S/c1-10-5-7-15(23)17(11(10)2)13(4)18(20-24-25-21(27)31-20)26-9-30-19-12(3)14(22)6-8-16(19)32(26,28)29/h5-8,13,18H,9H2,1-4H3,(H,25,27)/t13?,18-/m0/s1. The van der Waals surface area contributed by atoms with Crippen molar-refractivity contribution in [3.63, 3.8) is 0 Å². The molecule has 1 aliphatic heterocycles. The summed E-state index contributed by atoms with van der Waals surface area (Å²) in [4.78, 5) is 11.6. The molecule has 4 rings (SSSR count). The van der Waals surface area contributed by atoms with Crippen molar-refractivity contribution in [2.75, 3.05) is 6.73 Å². The van der Waals surface area contributed by atoms with Crippen molar-refractivity contribution in [2.45, 2.75) is 44.6 Å². The number of H-pyrrole nitrogens is 1. The van der Waals surface area contributed by atoms with Crippen LogP contribution in [0.3, 0.4) is 0 Å². The van der Waals surface area contributed by atoms with E-state index in [-0.39, 0.29) is 16.5 Å². The summed E-state index contributed by atoms with van der Waals surface area (Å²) >= 11 is 6.12. The number of hydrogen-bond donors (Lipinski definition) is 1. The topological polar surface area (TPSA) is 106 Å². The molecule has 1 aliphatic rings. The number of fused-ring (bicyclic) bond motifs is 1. The zero-order chi connectivity index (χ0) is 23.4. The summed E-state index contributed by atoms with van der Waals surface area (Å²) < 4.78 is 54.1. The zero-order valence-corrected chi connectivity index (χ0v) is 19.3. The summed E-state index contributed by atoms with van der Waals surface area (Å²) in [5, 5.41) is 6.38. The van der Waals surface area contributed by atoms with Crippen molar-refractivity contribution in [1.82, 2.24) is 14.5 Å². The Hall–Kier alpha value is -2.69. The predicted molar refractivity (Wildman–Crippen MR) is 115 cm³/mol. The number of aryl methyl sites for hydroxylation is 1. The highest BCUT2D eigenvalue weighted by molar-refractivity contribution is 7.89. The fourth-order valence-electron chi connectivity index (χ4n) is 4.05. The molecule has 2 heterocycles. The number of benzene rings is 2. The van der Waals surface area contributed by atoms with E-state index in [9.17, 15) is 17.6 Å². The van der Waals surface area contributed by atoms with Gasteiger partial charge in [0.2, 0.25) is 15.9 Å². The molecule has 8 nitrogen and oxygen atoms in total. The van der Waals surface area contributed by atoms with Gasteiger partial charge in [-0.15, -0.1) is 9.40 Å². The molecule has 0 amide bonds. The van der Waals surface area contributed by atoms with Crippen molar-refractivity contribution >= 4 is 21.6 Å². The van der Waals surface area contributed by atoms with Crippen molar-refractivity contribution in [3.8, 4) is 5.75 Å². The minimum Gasteiger partial charge on any atom is -0.475 e. The maximum absolute atomic E-state index is 14.9. The largest absolute Gasteiger partial charge is 0.475 e. The smallest absolute Gasteiger partial charge is 0.434 e. The Bertz CT molecular complexity index is 1370. The maximum atomic E-state index is 14.9. The Kier molecular flexibility index (Phi) is 5.64. The molecule has 1 unspecified atom stereocenters. The lowest BCUT2D eigenvalue weighted by molar-refractivity contribution is 0.121. The molecule has 1 N–H and O–H groups in total. The quantitative estimate of drug-likeness (QED) is 0.604. The molecule has 170 valence electrons. The fourth-order valence-corrected chi connectivity index (χ4v) is 5.91. The molecule has 0 bridgehead atoms. The first-order valence-electron chi connectivity index (χ1n) is 9.78. The van der Waals surface area contributed by atoms with Crippen molar-refractivity contribution in [1.29, 1.82) is 0 Å². The van der Waals surface area contributed by atoms with Crippen LogP contribution >= 0.6 is 11.6 Å². The third-order valence-electron chi connectivity index (χ3n) is 5.91. The van der Waals surface area contributed by atoms with Gasteiger partial charge < -0.3 is 9.15 Å². The molecule has 32 heavy (non-hydrogen) atoms. The minimum atomic E-state index is -4.14. The van der Waals surface area contributed by atoms with Gasteiger partial charge in [-0.25, -0.2) is 22.7 Å². The van der Waals surface area contributed by atoms with Crippen LogP contribution in [0.4, 0.5) is 4.39 Å². The molecule has 0 spiro atoms. The molecule has 11 heteroatoms. The second-order valence-corrected chi connectivity index (χ2v) is 10.0. The minimum absolute atomic E-state index is 0.0813. The van der Waals surface area contributed by atoms with Crippen molar-refractivity contribution in [3.05, 3.63) is 73.8 Å². The van der Waals surface area contributed by atoms with E-state index in [1.807, 2.05) is 6.92 Å². The summed E-state index contributed by atoms with van der Waals surface area (Å²) in [6.45, 7) is 6.50. The average molecular weight is 482 g/mol. The first kappa shape index (κ1) is 22.5. The third kappa shape index (κ3) is 3.52. The fraction of sp³-hybridized carbons (Fsp3) is 0.333. The average Bonchev–Trinajstić information content (AvgIpc) is 3.15. The highest BCUT2D eigenvalue weighted by Crippen LogP contribution is 2.45. The van der Waals surface area contributed by atoms with E-state index in [0.717, 1.165) is 9.87 Å². The van der Waals surface area contributed by atoms with E-state index in [1.54, 1.807) is 26.8 Å². The molecule has 3 aromatic rings. The number of nitrogens with zero attached hydrogens (tertiary/aromatic N) is 2. The Morgan fingerprint density at radius 1 is 1.19 bits per heavy atom. The molecule has 2 aromatic carbocycles. The van der Waals surface area contributed by atoms with Gasteiger partial charge in [-0.3, -0.25) is 0 Å². The van der Waals surface area contributed by atoms with Gasteiger partial charge in [-0.05, 0) is 55.7 Å². The van der Waals surface area contributed by atoms with Crippen molar-refractivity contribution in [2.24, 2.45) is 0 Å². The van der Waals surface area contributed by atoms with Crippen LogP contribution in [0.2, 0.25) is 5.02 Å². The highest BCUT2D eigenvalue weighted by atomic mass is 35.5. The Balaban J connectivity index is 1.90. The predicted octanol–water partition coefficient (Wildman–Crippen LogP) is 3.97. The summed E-state index contributed by atoms with van der Waals surface area (Å²) in [7, 11) is -4.14. The van der Waals surface area contributed by atoms with E-state index >= 15 is 0 Å². The second kappa shape index (κ2) is 8.02. The van der Waals surface area contributed by atoms with Gasteiger partial charge in [0, 0.05) is 16.5 Å². The molecule has 0 saturated carbocycles. The molecular formula is C21H21ClFN3O5S. The van der Waals surface area contributed by atoms with E-state index < -0.39 is 40.3 Å². The lowest BCUT2D eigenvalue weighted by atomic mass is 9.87. The van der Waals surface area contributed by atoms with E-state index in [4.69, 9.17) is 20.8 Å². The van der Waals surface area contributed by atoms with Gasteiger partial charge >= 0.3 is 5.76 Å². The number of aromatic amines is 1. The first-order valence-corrected chi connectivity index (χ1v) is 11.6. The molecule has 2 atom stereocenters. The lowest BCUT2D eigenvalue weighted by Gasteiger charge is -2.36. The molecule has 0 radical (unpaired) electrons. The maximum Gasteiger partial charge on any atom is 0.434 e. The highest BCUT2D eigenvalue weighted by Gasteiger charge is 2.45. The first-order chi connectivity index (χ1) is 15.0. The molecule has 0 fully saturated rings. The van der Waals surface area contributed by atoms with E-state index in [0.29, 0.717) is 21.7 Å². The molecule has 1 aromatic heterocycles. The Morgan fingerprint density at radius 3 is 2.56 bits per heavy atom. The van der Waals surface area contributed by atoms with Crippen LogP contribution in [0.15, 0.2) is 38.4 Å². The summed E-state index contributed by atoms with van der Waals surface area (Å²) in [6.07, 6.45) is 0. The van der Waals surface area contributed by atoms with Gasteiger partial charge in [0.25, 0.3) is 0 Å². The van der Waals surface area contributed by atoms with Crippen LogP contribution in [0.1, 0.15) is 47.0 Å². The SMILES string of the molecule is Cc1ccc(F)c(C(C)[C@@H](c2n[nH]c(=O)o2)N2COc3c(ccc(Cl)c3C)S2(=O)=O)c1C. The van der Waals surface area contributed by atoms with E-state index in [1.165, 1.54) is 18.2 Å². The van der Waals surface area contributed by atoms with Gasteiger partial charge in [-0.2, -0.15) is 0 Å². The van der Waals surface area contributed by atoms with Crippen LogP contribution in [-0.4, -0.2) is 29.7 Å². The van der Waals surface area contributed by atoms with Crippen LogP contribution in [0, 0.1) is 26.6 Å². The number of sulfonamides is 1. The van der Waals surface area contributed by atoms with Crippen LogP contribution < -0.4 is 10.5 Å². The summed E-state index contributed by atoms with van der Waals surface area (Å²) in [5.41, 5.74) is 2.29. The number of rotatable bonds is 4. The normalized spacial score (nSPS) is 17.4. The Morgan fingerprint density at radius 2 is 1.91 bits per heavy atom. The number of halogens is 2. The van der Waals surface area contributed by atoms with Gasteiger partial charge in [0.05, 0.1) is 0 Å². The lowest BCUT2D eigenvalue weighted by Crippen LogP contribution is -2.43. The van der Waals surface area contributed by atoms with Crippen LogP contribution in [0.25, 0.3) is 0 Å². The van der Waals surface area contributed by atoms with E-state index in [2.05, 4.69) is 10.2 Å². The molecule has 0 aliphatic carbocycles. The molecular weight excluding hydrogens is 461 g/mol. The summed E-state index contributed by atoms with van der Waals surface area (Å²) in [5.74, 6) is -2.15.